The van der Waals surface area contributed by atoms with Crippen molar-refractivity contribution in [1.29, 1.82) is 0 Å². The van der Waals surface area contributed by atoms with Gasteiger partial charge in [-0.05, 0) is 33.2 Å². The summed E-state index contributed by atoms with van der Waals surface area (Å²) in [6, 6.07) is 0. The molecule has 0 saturated carbocycles. The predicted molar refractivity (Wildman–Crippen MR) is 68.3 cm³/mol. The van der Waals surface area contributed by atoms with E-state index in [1.165, 1.54) is 0 Å². The van der Waals surface area contributed by atoms with Crippen LogP contribution in [-0.2, 0) is 11.3 Å². The molecule has 0 aromatic carbocycles. The highest BCUT2D eigenvalue weighted by Gasteiger charge is 2.34. The SMILES string of the molecule is Cc1noc(CNC(=O)C2(C)CCCNC2)n1.Cl. The van der Waals surface area contributed by atoms with Gasteiger partial charge in [-0.2, -0.15) is 4.98 Å². The molecule has 1 saturated heterocycles. The zero-order valence-electron chi connectivity index (χ0n) is 10.7. The van der Waals surface area contributed by atoms with Crippen molar-refractivity contribution in [2.24, 2.45) is 5.41 Å². The van der Waals surface area contributed by atoms with E-state index in [1.54, 1.807) is 6.92 Å². The predicted octanol–water partition coefficient (Wildman–Crippen LogP) is 0.806. The monoisotopic (exact) mass is 274 g/mol. The van der Waals surface area contributed by atoms with E-state index in [4.69, 9.17) is 4.52 Å². The summed E-state index contributed by atoms with van der Waals surface area (Å²) in [6.45, 7) is 5.75. The van der Waals surface area contributed by atoms with Crippen molar-refractivity contribution in [2.75, 3.05) is 13.1 Å². The van der Waals surface area contributed by atoms with Crippen LogP contribution in [0.25, 0.3) is 0 Å². The van der Waals surface area contributed by atoms with Gasteiger partial charge in [0, 0.05) is 6.54 Å². The number of hydrogen-bond acceptors (Lipinski definition) is 5. The number of nitrogens with one attached hydrogen (secondary N) is 2. The van der Waals surface area contributed by atoms with E-state index in [0.29, 0.717) is 18.3 Å². The van der Waals surface area contributed by atoms with E-state index in [9.17, 15) is 4.79 Å². The molecule has 1 aliphatic heterocycles. The molecule has 1 atom stereocenters. The number of aryl methyl sites for hydroxylation is 1. The first-order chi connectivity index (χ1) is 8.10. The van der Waals surface area contributed by atoms with Gasteiger partial charge < -0.3 is 15.2 Å². The number of nitrogens with zero attached hydrogens (tertiary/aromatic N) is 2. The van der Waals surface area contributed by atoms with Crippen molar-refractivity contribution in [3.63, 3.8) is 0 Å². The second-order valence-electron chi connectivity index (χ2n) is 4.76. The number of aromatic nitrogens is 2. The summed E-state index contributed by atoms with van der Waals surface area (Å²) in [7, 11) is 0. The Morgan fingerprint density at radius 2 is 2.39 bits per heavy atom. The normalized spacial score (nSPS) is 23.2. The molecule has 1 fully saturated rings. The van der Waals surface area contributed by atoms with Gasteiger partial charge in [0.2, 0.25) is 11.8 Å². The van der Waals surface area contributed by atoms with E-state index < -0.39 is 0 Å². The number of halogens is 1. The largest absolute Gasteiger partial charge is 0.347 e. The van der Waals surface area contributed by atoms with Gasteiger partial charge in [0.25, 0.3) is 0 Å². The van der Waals surface area contributed by atoms with Gasteiger partial charge in [-0.3, -0.25) is 4.79 Å². The van der Waals surface area contributed by atoms with Gasteiger partial charge >= 0.3 is 0 Å². The lowest BCUT2D eigenvalue weighted by Gasteiger charge is -2.32. The van der Waals surface area contributed by atoms with E-state index >= 15 is 0 Å². The molecule has 0 bridgehead atoms. The van der Waals surface area contributed by atoms with Crippen molar-refractivity contribution in [2.45, 2.75) is 33.2 Å². The Morgan fingerprint density at radius 1 is 1.61 bits per heavy atom. The Morgan fingerprint density at radius 3 is 2.94 bits per heavy atom. The molecule has 2 rings (SSSR count). The van der Waals surface area contributed by atoms with Gasteiger partial charge in [-0.1, -0.05) is 5.16 Å². The number of piperidine rings is 1. The molecule has 0 radical (unpaired) electrons. The smallest absolute Gasteiger partial charge is 0.246 e. The second-order valence-corrected chi connectivity index (χ2v) is 4.76. The maximum absolute atomic E-state index is 12.1. The Hall–Kier alpha value is -1.14. The van der Waals surface area contributed by atoms with Gasteiger partial charge in [0.05, 0.1) is 12.0 Å². The molecular formula is C11H19ClN4O2. The molecule has 2 N–H and O–H groups in total. The molecule has 2 heterocycles. The van der Waals surface area contributed by atoms with Crippen LogP contribution in [0.1, 0.15) is 31.5 Å². The summed E-state index contributed by atoms with van der Waals surface area (Å²) >= 11 is 0. The zero-order valence-corrected chi connectivity index (χ0v) is 11.5. The van der Waals surface area contributed by atoms with E-state index in [1.807, 2.05) is 6.92 Å². The fourth-order valence-corrected chi connectivity index (χ4v) is 2.03. The van der Waals surface area contributed by atoms with Crippen LogP contribution in [0.3, 0.4) is 0 Å². The number of rotatable bonds is 3. The number of carbonyl (C=O) groups excluding carboxylic acids is 1. The highest BCUT2D eigenvalue weighted by Crippen LogP contribution is 2.25. The third kappa shape index (κ3) is 3.43. The molecule has 1 aromatic heterocycles. The summed E-state index contributed by atoms with van der Waals surface area (Å²) < 4.78 is 4.94. The maximum Gasteiger partial charge on any atom is 0.246 e. The van der Waals surface area contributed by atoms with E-state index in [-0.39, 0.29) is 23.7 Å². The van der Waals surface area contributed by atoms with Crippen LogP contribution < -0.4 is 10.6 Å². The number of amides is 1. The minimum atomic E-state index is -0.326. The molecule has 7 heteroatoms. The van der Waals surface area contributed by atoms with Crippen molar-refractivity contribution >= 4 is 18.3 Å². The van der Waals surface area contributed by atoms with Crippen LogP contribution in [0.4, 0.5) is 0 Å². The van der Waals surface area contributed by atoms with Crippen LogP contribution in [0.2, 0.25) is 0 Å². The van der Waals surface area contributed by atoms with Gasteiger partial charge in [-0.25, -0.2) is 0 Å². The van der Waals surface area contributed by atoms with E-state index in [2.05, 4.69) is 20.8 Å². The lowest BCUT2D eigenvalue weighted by atomic mass is 9.82. The summed E-state index contributed by atoms with van der Waals surface area (Å²) in [5.41, 5.74) is -0.326. The van der Waals surface area contributed by atoms with Crippen molar-refractivity contribution in [1.82, 2.24) is 20.8 Å². The molecule has 0 aliphatic carbocycles. The molecule has 18 heavy (non-hydrogen) atoms. The zero-order chi connectivity index (χ0) is 12.3. The quantitative estimate of drug-likeness (QED) is 0.852. The molecule has 1 aromatic rings. The molecular weight excluding hydrogens is 256 g/mol. The van der Waals surface area contributed by atoms with Crippen molar-refractivity contribution in [3.8, 4) is 0 Å². The van der Waals surface area contributed by atoms with Gasteiger partial charge in [0.15, 0.2) is 5.82 Å². The van der Waals surface area contributed by atoms with Crippen LogP contribution in [-0.4, -0.2) is 29.1 Å². The first kappa shape index (κ1) is 14.9. The minimum Gasteiger partial charge on any atom is -0.347 e. The van der Waals surface area contributed by atoms with Crippen LogP contribution >= 0.6 is 12.4 Å². The Balaban J connectivity index is 0.00000162. The summed E-state index contributed by atoms with van der Waals surface area (Å²) in [6.07, 6.45) is 1.94. The minimum absolute atomic E-state index is 0. The van der Waals surface area contributed by atoms with Crippen LogP contribution in [0, 0.1) is 12.3 Å². The third-order valence-corrected chi connectivity index (χ3v) is 3.12. The fraction of sp³-hybridized carbons (Fsp3) is 0.727. The molecule has 102 valence electrons. The third-order valence-electron chi connectivity index (χ3n) is 3.12. The van der Waals surface area contributed by atoms with Gasteiger partial charge in [0.1, 0.15) is 0 Å². The first-order valence-corrected chi connectivity index (χ1v) is 5.88. The second kappa shape index (κ2) is 6.15. The molecule has 1 aliphatic rings. The molecule has 0 spiro atoms. The summed E-state index contributed by atoms with van der Waals surface area (Å²) in [4.78, 5) is 16.1. The summed E-state index contributed by atoms with van der Waals surface area (Å²) in [5.74, 6) is 1.07. The number of carbonyl (C=O) groups is 1. The van der Waals surface area contributed by atoms with Crippen LogP contribution in [0.15, 0.2) is 4.52 Å². The Kier molecular flexibility index (Phi) is 5.10. The standard InChI is InChI=1S/C11H18N4O2.ClH/c1-8-14-9(17-15-8)6-13-10(16)11(2)4-3-5-12-7-11;/h12H,3-7H2,1-2H3,(H,13,16);1H. The maximum atomic E-state index is 12.1. The van der Waals surface area contributed by atoms with Crippen LogP contribution in [0.5, 0.6) is 0 Å². The lowest BCUT2D eigenvalue weighted by molar-refractivity contribution is -0.131. The number of hydrogen-bond donors (Lipinski definition) is 2. The highest BCUT2D eigenvalue weighted by atomic mass is 35.5. The fourth-order valence-electron chi connectivity index (χ4n) is 2.03. The van der Waals surface area contributed by atoms with Crippen molar-refractivity contribution in [3.05, 3.63) is 11.7 Å². The summed E-state index contributed by atoms with van der Waals surface area (Å²) in [5, 5.41) is 9.77. The molecule has 1 amide bonds. The molecule has 1 unspecified atom stereocenters. The lowest BCUT2D eigenvalue weighted by Crippen LogP contribution is -2.48. The van der Waals surface area contributed by atoms with Gasteiger partial charge in [-0.15, -0.1) is 12.4 Å². The highest BCUT2D eigenvalue weighted by molar-refractivity contribution is 5.85. The topological polar surface area (TPSA) is 80.0 Å². The average molecular weight is 275 g/mol. The van der Waals surface area contributed by atoms with E-state index in [0.717, 1.165) is 25.9 Å². The first-order valence-electron chi connectivity index (χ1n) is 5.88. The Labute approximate surface area is 112 Å². The van der Waals surface area contributed by atoms with Crippen molar-refractivity contribution < 1.29 is 9.32 Å². The molecule has 6 nitrogen and oxygen atoms in total. The Bertz CT molecular complexity index is 402. The average Bonchev–Trinajstić information content (AvgIpc) is 2.73.